The van der Waals surface area contributed by atoms with Gasteiger partial charge in [0.05, 0.1) is 14.2 Å². The number of methoxy groups -OCH3 is 2. The van der Waals surface area contributed by atoms with Gasteiger partial charge in [-0.15, -0.1) is 0 Å². The van der Waals surface area contributed by atoms with E-state index in [1.165, 1.54) is 50.1 Å². The molecule has 0 bridgehead atoms. The normalized spacial score (nSPS) is 11.9. The molecule has 0 fully saturated rings. The summed E-state index contributed by atoms with van der Waals surface area (Å²) in [5.41, 5.74) is 2.43. The van der Waals surface area contributed by atoms with Crippen molar-refractivity contribution in [3.8, 4) is 11.5 Å². The van der Waals surface area contributed by atoms with Crippen molar-refractivity contribution in [1.29, 1.82) is 0 Å². The minimum absolute atomic E-state index is 0.949. The zero-order chi connectivity index (χ0) is 17.1. The van der Waals surface area contributed by atoms with Gasteiger partial charge in [0, 0.05) is 5.19 Å². The molecule has 0 radical (unpaired) electrons. The molecule has 2 nitrogen and oxygen atoms in total. The van der Waals surface area contributed by atoms with Gasteiger partial charge in [-0.25, -0.2) is 0 Å². The van der Waals surface area contributed by atoms with Crippen LogP contribution in [0.3, 0.4) is 0 Å². The van der Waals surface area contributed by atoms with Crippen molar-refractivity contribution in [3.05, 3.63) is 30.0 Å². The largest absolute Gasteiger partial charge is 0.497 e. The van der Waals surface area contributed by atoms with Gasteiger partial charge in [0.15, 0.2) is 0 Å². The number of allylic oxidation sites excluding steroid dienone is 1. The molecule has 23 heavy (non-hydrogen) atoms. The molecule has 0 spiro atoms. The molecule has 0 saturated carbocycles. The fourth-order valence-electron chi connectivity index (χ4n) is 2.99. The summed E-state index contributed by atoms with van der Waals surface area (Å²) < 4.78 is 11.2. The van der Waals surface area contributed by atoms with Crippen molar-refractivity contribution in [2.24, 2.45) is 0 Å². The summed E-state index contributed by atoms with van der Waals surface area (Å²) in [7, 11) is 1.76. The second-order valence-corrected chi connectivity index (χ2v) is 11.0. The lowest BCUT2D eigenvalue weighted by molar-refractivity contribution is 0.400. The molecule has 3 heteroatoms. The highest BCUT2D eigenvalue weighted by atomic mass is 28.3. The zero-order valence-corrected chi connectivity index (χ0v) is 16.7. The summed E-state index contributed by atoms with van der Waals surface area (Å²) in [5.74, 6) is 1.90. The van der Waals surface area contributed by atoms with E-state index in [1.54, 1.807) is 14.2 Å². The quantitative estimate of drug-likeness (QED) is 0.395. The van der Waals surface area contributed by atoms with E-state index < -0.39 is 8.07 Å². The fourth-order valence-corrected chi connectivity index (χ4v) is 5.55. The molecule has 0 aromatic heterocycles. The number of hydrogen-bond donors (Lipinski definition) is 0. The highest BCUT2D eigenvalue weighted by molar-refractivity contribution is 6.95. The number of benzene rings is 1. The number of unbranched alkanes of at least 4 members (excludes halogenated alkanes) is 6. The smallest absolute Gasteiger partial charge is 0.122 e. The Morgan fingerprint density at radius 2 is 1.48 bits per heavy atom. The van der Waals surface area contributed by atoms with Crippen LogP contribution in [0.25, 0.3) is 0 Å². The highest BCUT2D eigenvalue weighted by Gasteiger charge is 2.27. The van der Waals surface area contributed by atoms with Gasteiger partial charge in [-0.3, -0.25) is 0 Å². The topological polar surface area (TPSA) is 18.5 Å². The van der Waals surface area contributed by atoms with E-state index in [0.717, 1.165) is 11.5 Å². The predicted octanol–water partition coefficient (Wildman–Crippen LogP) is 5.47. The molecule has 0 saturated heterocycles. The van der Waals surface area contributed by atoms with Gasteiger partial charge >= 0.3 is 0 Å². The minimum Gasteiger partial charge on any atom is -0.497 e. The van der Waals surface area contributed by atoms with Crippen LogP contribution in [0, 0.1) is 0 Å². The van der Waals surface area contributed by atoms with Crippen molar-refractivity contribution in [2.45, 2.75) is 65.0 Å². The second kappa shape index (κ2) is 10.5. The van der Waals surface area contributed by atoms with E-state index in [0.29, 0.717) is 0 Å². The van der Waals surface area contributed by atoms with Crippen LogP contribution in [-0.4, -0.2) is 22.3 Å². The fraction of sp³-hybridized carbons (Fsp3) is 0.600. The molecule has 1 aromatic rings. The van der Waals surface area contributed by atoms with Crippen molar-refractivity contribution < 1.29 is 9.47 Å². The summed E-state index contributed by atoms with van der Waals surface area (Å²) in [4.78, 5) is 0. The predicted molar refractivity (Wildman–Crippen MR) is 104 cm³/mol. The third-order valence-corrected chi connectivity index (χ3v) is 7.18. The molecular weight excluding hydrogens is 300 g/mol. The molecule has 0 aliphatic rings. The van der Waals surface area contributed by atoms with Crippen molar-refractivity contribution in [3.63, 3.8) is 0 Å². The van der Waals surface area contributed by atoms with Gasteiger partial charge in [-0.05, 0) is 25.0 Å². The van der Waals surface area contributed by atoms with Crippen LogP contribution in [0.5, 0.6) is 11.5 Å². The molecule has 0 amide bonds. The molecular formula is C20H34O2Si. The maximum atomic E-state index is 5.58. The van der Waals surface area contributed by atoms with Gasteiger partial charge in [0.1, 0.15) is 19.6 Å². The summed E-state index contributed by atoms with van der Waals surface area (Å²) in [6.45, 7) is 6.97. The van der Waals surface area contributed by atoms with Crippen molar-refractivity contribution in [1.82, 2.24) is 0 Å². The Hall–Kier alpha value is -1.22. The molecule has 0 aliphatic heterocycles. The van der Waals surface area contributed by atoms with Crippen LogP contribution < -0.4 is 14.7 Å². The van der Waals surface area contributed by atoms with E-state index in [1.807, 2.05) is 18.2 Å². The summed E-state index contributed by atoms with van der Waals surface area (Å²) in [6.07, 6.45) is 11.7. The Bertz CT molecular complexity index is 458. The molecule has 1 aromatic carbocycles. The van der Waals surface area contributed by atoms with E-state index in [9.17, 15) is 0 Å². The molecule has 0 aliphatic carbocycles. The van der Waals surface area contributed by atoms with Crippen LogP contribution in [0.15, 0.2) is 30.0 Å². The van der Waals surface area contributed by atoms with Gasteiger partial charge in [0.25, 0.3) is 0 Å². The van der Waals surface area contributed by atoms with Crippen molar-refractivity contribution in [2.75, 3.05) is 14.2 Å². The molecule has 1 rings (SSSR count). The standard InChI is InChI=1S/C20H34O2Si/c1-6-7-8-9-10-11-12-13-17-23(4,5)20-18(21-2)15-14-16-19(20)22-3/h13-17H,6-12H2,1-5H3/b17-13-. The first-order valence-corrected chi connectivity index (χ1v) is 12.0. The lowest BCUT2D eigenvalue weighted by Crippen LogP contribution is -2.41. The van der Waals surface area contributed by atoms with E-state index in [-0.39, 0.29) is 0 Å². The number of rotatable bonds is 11. The van der Waals surface area contributed by atoms with Gasteiger partial charge in [-0.2, -0.15) is 0 Å². The lowest BCUT2D eigenvalue weighted by atomic mass is 10.1. The van der Waals surface area contributed by atoms with E-state index >= 15 is 0 Å². The molecule has 0 N–H and O–H groups in total. The summed E-state index contributed by atoms with van der Waals surface area (Å²) in [6, 6.07) is 6.06. The van der Waals surface area contributed by atoms with Gasteiger partial charge in [0.2, 0.25) is 0 Å². The SMILES string of the molecule is CCCCCCCC/C=C\[Si](C)(C)c1c(OC)cccc1OC. The molecule has 0 unspecified atom stereocenters. The minimum atomic E-state index is -1.72. The molecule has 0 atom stereocenters. The first-order valence-electron chi connectivity index (χ1n) is 8.96. The maximum Gasteiger partial charge on any atom is 0.122 e. The van der Waals surface area contributed by atoms with Crippen LogP contribution in [0.2, 0.25) is 13.1 Å². The molecule has 0 heterocycles. The number of hydrogen-bond acceptors (Lipinski definition) is 2. The Labute approximate surface area is 143 Å². The Morgan fingerprint density at radius 1 is 0.913 bits per heavy atom. The van der Waals surface area contributed by atoms with Crippen LogP contribution in [0.4, 0.5) is 0 Å². The van der Waals surface area contributed by atoms with Crippen molar-refractivity contribution >= 4 is 13.3 Å². The Morgan fingerprint density at radius 3 is 2.04 bits per heavy atom. The van der Waals surface area contributed by atoms with Crippen LogP contribution in [-0.2, 0) is 0 Å². The third kappa shape index (κ3) is 6.42. The first-order chi connectivity index (χ1) is 11.1. The first kappa shape index (κ1) is 19.8. The lowest BCUT2D eigenvalue weighted by Gasteiger charge is -2.24. The van der Waals surface area contributed by atoms with Crippen LogP contribution >= 0.6 is 0 Å². The summed E-state index contributed by atoms with van der Waals surface area (Å²) >= 11 is 0. The Balaban J connectivity index is 2.63. The average molecular weight is 335 g/mol. The maximum absolute atomic E-state index is 5.58. The second-order valence-electron chi connectivity index (χ2n) is 6.72. The molecule has 130 valence electrons. The Kier molecular flexibility index (Phi) is 9.08. The highest BCUT2D eigenvalue weighted by Crippen LogP contribution is 2.23. The average Bonchev–Trinajstić information content (AvgIpc) is 2.56. The van der Waals surface area contributed by atoms with Crippen LogP contribution in [0.1, 0.15) is 51.9 Å². The van der Waals surface area contributed by atoms with E-state index in [2.05, 4.69) is 31.8 Å². The monoisotopic (exact) mass is 334 g/mol. The zero-order valence-electron chi connectivity index (χ0n) is 15.7. The number of ether oxygens (including phenoxy) is 2. The van der Waals surface area contributed by atoms with Gasteiger partial charge < -0.3 is 9.47 Å². The summed E-state index contributed by atoms with van der Waals surface area (Å²) in [5, 5.41) is 1.25. The van der Waals surface area contributed by atoms with Gasteiger partial charge in [-0.1, -0.05) is 70.0 Å². The third-order valence-electron chi connectivity index (χ3n) is 4.33. The van der Waals surface area contributed by atoms with E-state index in [4.69, 9.17) is 9.47 Å².